The maximum absolute atomic E-state index is 4.16. The summed E-state index contributed by atoms with van der Waals surface area (Å²) >= 11 is 0. The molecule has 56 valence electrons. The molecule has 3 nitrogen and oxygen atoms in total. The summed E-state index contributed by atoms with van der Waals surface area (Å²) in [4.78, 5) is 8.19. The van der Waals surface area contributed by atoms with Crippen LogP contribution in [0.15, 0.2) is 6.20 Å². The summed E-state index contributed by atoms with van der Waals surface area (Å²) in [5.41, 5.74) is 2.23. The van der Waals surface area contributed by atoms with Crippen LogP contribution >= 0.6 is 0 Å². The lowest BCUT2D eigenvalue weighted by atomic mass is 10.3. The van der Waals surface area contributed by atoms with Crippen LogP contribution in [0.2, 0.25) is 0 Å². The molecule has 1 rings (SSSR count). The van der Waals surface area contributed by atoms with Gasteiger partial charge in [-0.3, -0.25) is 0 Å². The molecule has 1 aromatic rings. The van der Waals surface area contributed by atoms with Crippen LogP contribution in [0.25, 0.3) is 0 Å². The van der Waals surface area contributed by atoms with Crippen molar-refractivity contribution in [1.82, 2.24) is 16.1 Å². The Morgan fingerprint density at radius 2 is 1.80 bits per heavy atom. The summed E-state index contributed by atoms with van der Waals surface area (Å²) in [6.07, 6.45) is 1.84. The Bertz CT molecular complexity index is 220. The molecular formula is C7H13N3. The number of aryl methyl sites for hydroxylation is 3. The third-order valence-corrected chi connectivity index (χ3v) is 1.35. The average molecular weight is 139 g/mol. The van der Waals surface area contributed by atoms with Crippen molar-refractivity contribution < 1.29 is 0 Å². The first-order valence-corrected chi connectivity index (χ1v) is 2.97. The van der Waals surface area contributed by atoms with Crippen molar-refractivity contribution in [3.05, 3.63) is 23.3 Å². The van der Waals surface area contributed by atoms with E-state index in [-0.39, 0.29) is 6.15 Å². The highest BCUT2D eigenvalue weighted by molar-refractivity contribution is 5.12. The molecule has 0 aliphatic carbocycles. The molecular weight excluding hydrogens is 126 g/mol. The summed E-state index contributed by atoms with van der Waals surface area (Å²) < 4.78 is 0. The minimum atomic E-state index is 0. The SMILES string of the molecule is Cc1ncc(C)c(C)n1.N. The first-order valence-electron chi connectivity index (χ1n) is 2.97. The van der Waals surface area contributed by atoms with Crippen LogP contribution in [0.4, 0.5) is 0 Å². The van der Waals surface area contributed by atoms with E-state index in [0.717, 1.165) is 17.1 Å². The van der Waals surface area contributed by atoms with E-state index in [2.05, 4.69) is 9.97 Å². The zero-order chi connectivity index (χ0) is 6.85. The number of aromatic nitrogens is 2. The molecule has 0 aliphatic heterocycles. The molecule has 0 aromatic carbocycles. The fourth-order valence-electron chi connectivity index (χ4n) is 0.643. The fourth-order valence-corrected chi connectivity index (χ4v) is 0.643. The van der Waals surface area contributed by atoms with E-state index in [0.29, 0.717) is 0 Å². The molecule has 0 amide bonds. The van der Waals surface area contributed by atoms with Gasteiger partial charge in [0.15, 0.2) is 0 Å². The molecule has 0 aliphatic rings. The van der Waals surface area contributed by atoms with Gasteiger partial charge in [-0.05, 0) is 26.3 Å². The van der Waals surface area contributed by atoms with Gasteiger partial charge in [0.25, 0.3) is 0 Å². The number of nitrogens with zero attached hydrogens (tertiary/aromatic N) is 2. The van der Waals surface area contributed by atoms with Gasteiger partial charge in [0.05, 0.1) is 0 Å². The number of hydrogen-bond donors (Lipinski definition) is 1. The Kier molecular flexibility index (Phi) is 2.96. The quantitative estimate of drug-likeness (QED) is 0.593. The lowest BCUT2D eigenvalue weighted by Gasteiger charge is -1.96. The lowest BCUT2D eigenvalue weighted by Crippen LogP contribution is -1.92. The summed E-state index contributed by atoms with van der Waals surface area (Å²) in [6.45, 7) is 5.89. The van der Waals surface area contributed by atoms with E-state index in [9.17, 15) is 0 Å². The first kappa shape index (κ1) is 9.04. The van der Waals surface area contributed by atoms with Gasteiger partial charge in [0.1, 0.15) is 5.82 Å². The van der Waals surface area contributed by atoms with Gasteiger partial charge in [-0.25, -0.2) is 9.97 Å². The maximum Gasteiger partial charge on any atom is 0.125 e. The minimum absolute atomic E-state index is 0. The molecule has 0 bridgehead atoms. The Labute approximate surface area is 61.1 Å². The van der Waals surface area contributed by atoms with Gasteiger partial charge >= 0.3 is 0 Å². The van der Waals surface area contributed by atoms with E-state index in [1.54, 1.807) is 0 Å². The molecule has 3 N–H and O–H groups in total. The molecule has 0 spiro atoms. The standard InChI is InChI=1S/C7H10N2.H3N/c1-5-4-8-7(3)9-6(5)2;/h4H,1-3H3;1H3. The van der Waals surface area contributed by atoms with Crippen LogP contribution in [0.3, 0.4) is 0 Å². The van der Waals surface area contributed by atoms with E-state index in [1.165, 1.54) is 0 Å². The Balaban J connectivity index is 0.000000810. The predicted molar refractivity (Wildman–Crippen MR) is 41.3 cm³/mol. The second-order valence-corrected chi connectivity index (χ2v) is 2.19. The largest absolute Gasteiger partial charge is 0.344 e. The summed E-state index contributed by atoms with van der Waals surface area (Å²) in [5, 5.41) is 0. The maximum atomic E-state index is 4.16. The zero-order valence-electron chi connectivity index (χ0n) is 6.68. The second kappa shape index (κ2) is 3.27. The topological polar surface area (TPSA) is 60.8 Å². The van der Waals surface area contributed by atoms with Crippen LogP contribution in [-0.4, -0.2) is 9.97 Å². The molecule has 0 unspecified atom stereocenters. The molecule has 3 heteroatoms. The first-order chi connectivity index (χ1) is 4.20. The Hall–Kier alpha value is -0.960. The van der Waals surface area contributed by atoms with Gasteiger partial charge < -0.3 is 6.15 Å². The highest BCUT2D eigenvalue weighted by Gasteiger charge is 1.91. The molecule has 0 fully saturated rings. The van der Waals surface area contributed by atoms with E-state index < -0.39 is 0 Å². The third-order valence-electron chi connectivity index (χ3n) is 1.35. The van der Waals surface area contributed by atoms with E-state index in [1.807, 2.05) is 27.0 Å². The smallest absolute Gasteiger partial charge is 0.125 e. The van der Waals surface area contributed by atoms with Crippen molar-refractivity contribution in [2.45, 2.75) is 20.8 Å². The molecule has 1 aromatic heterocycles. The molecule has 0 saturated heterocycles. The van der Waals surface area contributed by atoms with Crippen molar-refractivity contribution in [2.24, 2.45) is 0 Å². The Morgan fingerprint density at radius 1 is 1.20 bits per heavy atom. The summed E-state index contributed by atoms with van der Waals surface area (Å²) in [6, 6.07) is 0. The molecule has 0 atom stereocenters. The predicted octanol–water partition coefficient (Wildman–Crippen LogP) is 1.56. The molecule has 0 saturated carbocycles. The summed E-state index contributed by atoms with van der Waals surface area (Å²) in [7, 11) is 0. The van der Waals surface area contributed by atoms with Crippen molar-refractivity contribution >= 4 is 0 Å². The third kappa shape index (κ3) is 1.77. The fraction of sp³-hybridized carbons (Fsp3) is 0.429. The van der Waals surface area contributed by atoms with Gasteiger partial charge in [0, 0.05) is 11.9 Å². The van der Waals surface area contributed by atoms with Crippen LogP contribution in [0.5, 0.6) is 0 Å². The van der Waals surface area contributed by atoms with Crippen LogP contribution in [-0.2, 0) is 0 Å². The van der Waals surface area contributed by atoms with Crippen molar-refractivity contribution in [1.29, 1.82) is 0 Å². The van der Waals surface area contributed by atoms with Gasteiger partial charge in [-0.2, -0.15) is 0 Å². The summed E-state index contributed by atoms with van der Waals surface area (Å²) in [5.74, 6) is 0.845. The molecule has 10 heavy (non-hydrogen) atoms. The highest BCUT2D eigenvalue weighted by Crippen LogP contribution is 1.99. The average Bonchev–Trinajstić information content (AvgIpc) is 1.80. The lowest BCUT2D eigenvalue weighted by molar-refractivity contribution is 0.986. The van der Waals surface area contributed by atoms with Gasteiger partial charge in [-0.1, -0.05) is 0 Å². The normalized spacial score (nSPS) is 8.70. The van der Waals surface area contributed by atoms with E-state index in [4.69, 9.17) is 0 Å². The van der Waals surface area contributed by atoms with Crippen LogP contribution < -0.4 is 6.15 Å². The zero-order valence-corrected chi connectivity index (χ0v) is 6.68. The van der Waals surface area contributed by atoms with Crippen LogP contribution in [0.1, 0.15) is 17.1 Å². The molecule has 1 heterocycles. The number of rotatable bonds is 0. The van der Waals surface area contributed by atoms with E-state index >= 15 is 0 Å². The van der Waals surface area contributed by atoms with Crippen molar-refractivity contribution in [3.8, 4) is 0 Å². The van der Waals surface area contributed by atoms with Gasteiger partial charge in [-0.15, -0.1) is 0 Å². The second-order valence-electron chi connectivity index (χ2n) is 2.19. The van der Waals surface area contributed by atoms with Crippen LogP contribution in [0, 0.1) is 20.8 Å². The molecule has 0 radical (unpaired) electrons. The number of hydrogen-bond acceptors (Lipinski definition) is 3. The van der Waals surface area contributed by atoms with Gasteiger partial charge in [0.2, 0.25) is 0 Å². The van der Waals surface area contributed by atoms with Crippen molar-refractivity contribution in [2.75, 3.05) is 0 Å². The highest BCUT2D eigenvalue weighted by atomic mass is 14.9. The van der Waals surface area contributed by atoms with Crippen molar-refractivity contribution in [3.63, 3.8) is 0 Å². The minimum Gasteiger partial charge on any atom is -0.344 e. The monoisotopic (exact) mass is 139 g/mol. The Morgan fingerprint density at radius 3 is 2.20 bits per heavy atom.